The van der Waals surface area contributed by atoms with Crippen LogP contribution in [0.2, 0.25) is 0 Å². The summed E-state index contributed by atoms with van der Waals surface area (Å²) in [6.45, 7) is 0. The zero-order valence-electron chi connectivity index (χ0n) is 5.12. The van der Waals surface area contributed by atoms with E-state index in [0.29, 0.717) is 0 Å². The first-order chi connectivity index (χ1) is 4.95. The smallest absolute Gasteiger partial charge is 0.288 e. The number of ether oxygens (including phenoxy) is 1. The molecule has 0 aliphatic rings. The quantitative estimate of drug-likeness (QED) is 0.476. The second kappa shape index (κ2) is 4.47. The van der Waals surface area contributed by atoms with Gasteiger partial charge in [-0.1, -0.05) is 0 Å². The summed E-state index contributed by atoms with van der Waals surface area (Å²) in [5, 5.41) is 16.2. The summed E-state index contributed by atoms with van der Waals surface area (Å²) in [6.07, 6.45) is -12.0. The topological polar surface area (TPSA) is 49.7 Å². The summed E-state index contributed by atoms with van der Waals surface area (Å²) in [7, 11) is 0. The van der Waals surface area contributed by atoms with Gasteiger partial charge in [-0.3, -0.25) is 0 Å². The van der Waals surface area contributed by atoms with Crippen LogP contribution in [0.3, 0.4) is 0 Å². The van der Waals surface area contributed by atoms with Gasteiger partial charge in [-0.25, -0.2) is 17.6 Å². The Balaban J connectivity index is 3.66. The summed E-state index contributed by atoms with van der Waals surface area (Å²) in [5.74, 6) is 0. The zero-order valence-corrected chi connectivity index (χ0v) is 5.12. The summed E-state index contributed by atoms with van der Waals surface area (Å²) in [4.78, 5) is 0. The molecule has 0 aromatic rings. The molecule has 11 heavy (non-hydrogen) atoms. The number of aliphatic hydroxyl groups excluding tert-OH is 2. The van der Waals surface area contributed by atoms with Gasteiger partial charge in [0.05, 0.1) is 0 Å². The molecule has 2 unspecified atom stereocenters. The molecule has 68 valence electrons. The molecule has 0 aromatic heterocycles. The Hall–Kier alpha value is -0.400. The van der Waals surface area contributed by atoms with Crippen LogP contribution in [0.5, 0.6) is 0 Å². The van der Waals surface area contributed by atoms with Crippen molar-refractivity contribution in [2.75, 3.05) is 0 Å². The molecule has 0 heterocycles. The van der Waals surface area contributed by atoms with E-state index >= 15 is 0 Å². The monoisotopic (exact) mass is 178 g/mol. The van der Waals surface area contributed by atoms with E-state index in [1.165, 1.54) is 0 Å². The number of aliphatic hydroxyl groups is 2. The number of hydrogen-bond acceptors (Lipinski definition) is 3. The first-order valence-electron chi connectivity index (χ1n) is 2.53. The molecule has 3 nitrogen and oxygen atoms in total. The van der Waals surface area contributed by atoms with Gasteiger partial charge in [0.1, 0.15) is 0 Å². The van der Waals surface area contributed by atoms with Crippen molar-refractivity contribution in [3.63, 3.8) is 0 Å². The molecule has 7 heteroatoms. The van der Waals surface area contributed by atoms with E-state index in [2.05, 4.69) is 4.74 Å². The van der Waals surface area contributed by atoms with Gasteiger partial charge >= 0.3 is 0 Å². The summed E-state index contributed by atoms with van der Waals surface area (Å²) < 4.78 is 48.7. The van der Waals surface area contributed by atoms with E-state index in [9.17, 15) is 17.6 Å². The van der Waals surface area contributed by atoms with E-state index < -0.39 is 25.4 Å². The van der Waals surface area contributed by atoms with Crippen molar-refractivity contribution in [2.45, 2.75) is 25.4 Å². The Labute approximate surface area is 59.2 Å². The van der Waals surface area contributed by atoms with Gasteiger partial charge < -0.3 is 14.9 Å². The molecule has 0 bridgehead atoms. The lowest BCUT2D eigenvalue weighted by atomic mass is 10.6. The molecule has 0 amide bonds. The molecule has 0 aliphatic carbocycles. The van der Waals surface area contributed by atoms with Crippen LogP contribution in [0.4, 0.5) is 17.6 Å². The molecule has 0 aromatic carbocycles. The Kier molecular flexibility index (Phi) is 4.31. The van der Waals surface area contributed by atoms with Gasteiger partial charge in [0.15, 0.2) is 0 Å². The third-order valence-corrected chi connectivity index (χ3v) is 0.710. The van der Waals surface area contributed by atoms with Crippen molar-refractivity contribution in [3.05, 3.63) is 0 Å². The van der Waals surface area contributed by atoms with Gasteiger partial charge in [0, 0.05) is 0 Å². The Morgan fingerprint density at radius 3 is 1.27 bits per heavy atom. The summed E-state index contributed by atoms with van der Waals surface area (Å²) in [5.41, 5.74) is 0. The fourth-order valence-corrected chi connectivity index (χ4v) is 0.262. The maximum Gasteiger partial charge on any atom is 0.288 e. The molecule has 0 spiro atoms. The molecule has 0 saturated heterocycles. The molecule has 2 N–H and O–H groups in total. The van der Waals surface area contributed by atoms with Gasteiger partial charge in [0.25, 0.3) is 12.9 Å². The highest BCUT2D eigenvalue weighted by molar-refractivity contribution is 4.48. The third-order valence-electron chi connectivity index (χ3n) is 0.710. The molecule has 0 fully saturated rings. The molecule has 0 rings (SSSR count). The molecule has 2 atom stereocenters. The van der Waals surface area contributed by atoms with E-state index in [1.54, 1.807) is 0 Å². The Bertz CT molecular complexity index is 97.5. The van der Waals surface area contributed by atoms with Gasteiger partial charge in [-0.05, 0) is 0 Å². The predicted octanol–water partition coefficient (Wildman–Crippen LogP) is 0.170. The molecule has 0 aliphatic heterocycles. The largest absolute Gasteiger partial charge is 0.363 e. The predicted molar refractivity (Wildman–Crippen MR) is 25.1 cm³/mol. The summed E-state index contributed by atoms with van der Waals surface area (Å²) >= 11 is 0. The number of hydrogen-bond donors (Lipinski definition) is 2. The lowest BCUT2D eigenvalue weighted by Crippen LogP contribution is -2.31. The zero-order chi connectivity index (χ0) is 9.02. The Morgan fingerprint density at radius 2 is 1.09 bits per heavy atom. The highest BCUT2D eigenvalue weighted by Gasteiger charge is 2.26. The standard InChI is InChI=1S/C4H6F4O3/c5-1(6)3(9)11-4(10)2(7)8/h1-4,9-10H. The minimum atomic E-state index is -3.32. The van der Waals surface area contributed by atoms with Crippen molar-refractivity contribution in [3.8, 4) is 0 Å². The van der Waals surface area contributed by atoms with Crippen LogP contribution in [-0.2, 0) is 4.74 Å². The van der Waals surface area contributed by atoms with Crippen LogP contribution in [0.25, 0.3) is 0 Å². The minimum Gasteiger partial charge on any atom is -0.363 e. The fourth-order valence-electron chi connectivity index (χ4n) is 0.262. The van der Waals surface area contributed by atoms with E-state index in [1.807, 2.05) is 0 Å². The van der Waals surface area contributed by atoms with Crippen molar-refractivity contribution in [2.24, 2.45) is 0 Å². The van der Waals surface area contributed by atoms with Crippen LogP contribution in [0.1, 0.15) is 0 Å². The first-order valence-corrected chi connectivity index (χ1v) is 2.53. The van der Waals surface area contributed by atoms with Crippen LogP contribution < -0.4 is 0 Å². The summed E-state index contributed by atoms with van der Waals surface area (Å²) in [6, 6.07) is 0. The van der Waals surface area contributed by atoms with Crippen molar-refractivity contribution in [1.29, 1.82) is 0 Å². The average Bonchev–Trinajstić information content (AvgIpc) is 1.87. The van der Waals surface area contributed by atoms with Gasteiger partial charge in [0.2, 0.25) is 12.6 Å². The van der Waals surface area contributed by atoms with Crippen LogP contribution >= 0.6 is 0 Å². The average molecular weight is 178 g/mol. The van der Waals surface area contributed by atoms with Crippen molar-refractivity contribution < 1.29 is 32.5 Å². The normalized spacial score (nSPS) is 17.5. The van der Waals surface area contributed by atoms with E-state index in [4.69, 9.17) is 10.2 Å². The second-order valence-corrected chi connectivity index (χ2v) is 1.59. The van der Waals surface area contributed by atoms with Crippen LogP contribution in [0, 0.1) is 0 Å². The lowest BCUT2D eigenvalue weighted by Gasteiger charge is -2.14. The first kappa shape index (κ1) is 10.6. The fraction of sp³-hybridized carbons (Fsp3) is 1.00. The highest BCUT2D eigenvalue weighted by Crippen LogP contribution is 2.08. The van der Waals surface area contributed by atoms with Crippen LogP contribution in [-0.4, -0.2) is 35.6 Å². The Morgan fingerprint density at radius 1 is 0.818 bits per heavy atom. The lowest BCUT2D eigenvalue weighted by molar-refractivity contribution is -0.278. The SMILES string of the molecule is OC(OC(O)C(F)F)C(F)F. The van der Waals surface area contributed by atoms with Gasteiger partial charge in [-0.15, -0.1) is 0 Å². The molecular formula is C4H6F4O3. The molecule has 0 saturated carbocycles. The second-order valence-electron chi connectivity index (χ2n) is 1.59. The minimum absolute atomic E-state index is 2.68. The molecule has 0 radical (unpaired) electrons. The maximum atomic E-state index is 11.3. The highest BCUT2D eigenvalue weighted by atomic mass is 19.3. The number of rotatable bonds is 4. The molecular weight excluding hydrogens is 172 g/mol. The maximum absolute atomic E-state index is 11.3. The third kappa shape index (κ3) is 4.12. The number of alkyl halides is 4. The van der Waals surface area contributed by atoms with Gasteiger partial charge in [-0.2, -0.15) is 0 Å². The van der Waals surface area contributed by atoms with E-state index in [0.717, 1.165) is 0 Å². The number of halogens is 4. The van der Waals surface area contributed by atoms with Crippen LogP contribution in [0.15, 0.2) is 0 Å². The van der Waals surface area contributed by atoms with Crippen molar-refractivity contribution >= 4 is 0 Å². The van der Waals surface area contributed by atoms with Crippen molar-refractivity contribution in [1.82, 2.24) is 0 Å². The van der Waals surface area contributed by atoms with E-state index in [-0.39, 0.29) is 0 Å².